The number of nitro benzene ring substituents is 1. The van der Waals surface area contributed by atoms with Crippen LogP contribution in [-0.4, -0.2) is 30.6 Å². The third-order valence-electron chi connectivity index (χ3n) is 2.72. The number of aromatic amines is 1. The van der Waals surface area contributed by atoms with Crippen molar-refractivity contribution in [2.24, 2.45) is 0 Å². The highest BCUT2D eigenvalue weighted by Gasteiger charge is 2.27. The standard InChI is InChI=1S/C11H12N4O5S/c1-7-6-12-13-11(7)14-21(18,19)10-4-3-8(20-2)5-9(10)15(16)17/h3-6H,1-2H3,(H2,12,13,14). The van der Waals surface area contributed by atoms with E-state index in [2.05, 4.69) is 14.9 Å². The number of rotatable bonds is 5. The SMILES string of the molecule is COc1ccc(S(=O)(=O)Nc2[nH]ncc2C)c([N+](=O)[O-])c1. The highest BCUT2D eigenvalue weighted by molar-refractivity contribution is 7.92. The second-order valence-corrected chi connectivity index (χ2v) is 5.78. The van der Waals surface area contributed by atoms with Crippen molar-refractivity contribution in [1.82, 2.24) is 10.2 Å². The van der Waals surface area contributed by atoms with E-state index in [0.717, 1.165) is 12.1 Å². The number of benzene rings is 1. The van der Waals surface area contributed by atoms with Gasteiger partial charge < -0.3 is 4.74 Å². The Balaban J connectivity index is 2.49. The van der Waals surface area contributed by atoms with Crippen LogP contribution in [0.25, 0.3) is 0 Å². The predicted molar refractivity (Wildman–Crippen MR) is 73.8 cm³/mol. The molecule has 0 aliphatic rings. The van der Waals surface area contributed by atoms with Gasteiger partial charge >= 0.3 is 0 Å². The van der Waals surface area contributed by atoms with Crippen LogP contribution >= 0.6 is 0 Å². The molecule has 112 valence electrons. The molecule has 0 atom stereocenters. The number of anilines is 1. The normalized spacial score (nSPS) is 11.1. The Morgan fingerprint density at radius 3 is 2.67 bits per heavy atom. The monoisotopic (exact) mass is 312 g/mol. The number of nitro groups is 1. The van der Waals surface area contributed by atoms with Gasteiger partial charge in [0.1, 0.15) is 11.6 Å². The third kappa shape index (κ3) is 2.94. The van der Waals surface area contributed by atoms with Crippen LogP contribution in [0.5, 0.6) is 5.75 Å². The lowest BCUT2D eigenvalue weighted by atomic mass is 10.3. The van der Waals surface area contributed by atoms with Crippen molar-refractivity contribution in [3.63, 3.8) is 0 Å². The van der Waals surface area contributed by atoms with E-state index in [4.69, 9.17) is 4.74 Å². The maximum absolute atomic E-state index is 12.3. The van der Waals surface area contributed by atoms with Crippen molar-refractivity contribution in [3.8, 4) is 5.75 Å². The second kappa shape index (κ2) is 5.40. The van der Waals surface area contributed by atoms with E-state index in [9.17, 15) is 18.5 Å². The van der Waals surface area contributed by atoms with Crippen LogP contribution in [0.2, 0.25) is 0 Å². The van der Waals surface area contributed by atoms with Gasteiger partial charge in [0, 0.05) is 5.56 Å². The molecule has 0 spiro atoms. The van der Waals surface area contributed by atoms with Gasteiger partial charge in [-0.05, 0) is 19.1 Å². The van der Waals surface area contributed by atoms with E-state index in [0.29, 0.717) is 5.56 Å². The first-order valence-corrected chi connectivity index (χ1v) is 7.18. The molecule has 0 aliphatic carbocycles. The van der Waals surface area contributed by atoms with E-state index in [-0.39, 0.29) is 11.6 Å². The summed E-state index contributed by atoms with van der Waals surface area (Å²) >= 11 is 0. The van der Waals surface area contributed by atoms with Crippen molar-refractivity contribution in [1.29, 1.82) is 0 Å². The van der Waals surface area contributed by atoms with Crippen LogP contribution in [0.3, 0.4) is 0 Å². The zero-order valence-corrected chi connectivity index (χ0v) is 12.0. The van der Waals surface area contributed by atoms with Crippen LogP contribution in [0, 0.1) is 17.0 Å². The van der Waals surface area contributed by atoms with Gasteiger partial charge in [0.15, 0.2) is 4.90 Å². The number of aryl methyl sites for hydroxylation is 1. The topological polar surface area (TPSA) is 127 Å². The lowest BCUT2D eigenvalue weighted by Crippen LogP contribution is -2.15. The molecule has 1 heterocycles. The summed E-state index contributed by atoms with van der Waals surface area (Å²) in [7, 11) is -2.79. The average Bonchev–Trinajstić information content (AvgIpc) is 2.82. The number of methoxy groups -OCH3 is 1. The minimum Gasteiger partial charge on any atom is -0.497 e. The molecule has 0 aliphatic heterocycles. The zero-order valence-electron chi connectivity index (χ0n) is 11.2. The first-order valence-electron chi connectivity index (χ1n) is 5.70. The maximum Gasteiger partial charge on any atom is 0.293 e. The lowest BCUT2D eigenvalue weighted by Gasteiger charge is -2.08. The number of hydrogen-bond donors (Lipinski definition) is 2. The highest BCUT2D eigenvalue weighted by Crippen LogP contribution is 2.29. The van der Waals surface area contributed by atoms with E-state index >= 15 is 0 Å². The molecule has 0 saturated heterocycles. The number of ether oxygens (including phenoxy) is 1. The molecule has 2 N–H and O–H groups in total. The average molecular weight is 312 g/mol. The van der Waals surface area contributed by atoms with Crippen molar-refractivity contribution >= 4 is 21.5 Å². The number of nitrogens with one attached hydrogen (secondary N) is 2. The summed E-state index contributed by atoms with van der Waals surface area (Å²) < 4.78 is 31.6. The Labute approximate surface area is 120 Å². The molecule has 0 saturated carbocycles. The van der Waals surface area contributed by atoms with Gasteiger partial charge in [0.25, 0.3) is 15.7 Å². The molecule has 0 bridgehead atoms. The van der Waals surface area contributed by atoms with Crippen LogP contribution in [0.1, 0.15) is 5.56 Å². The van der Waals surface area contributed by atoms with Gasteiger partial charge in [0.2, 0.25) is 0 Å². The summed E-state index contributed by atoms with van der Waals surface area (Å²) in [6, 6.07) is 3.50. The molecule has 21 heavy (non-hydrogen) atoms. The van der Waals surface area contributed by atoms with Crippen LogP contribution < -0.4 is 9.46 Å². The van der Waals surface area contributed by atoms with Crippen molar-refractivity contribution < 1.29 is 18.1 Å². The number of aromatic nitrogens is 2. The van der Waals surface area contributed by atoms with Gasteiger partial charge in [-0.3, -0.25) is 19.9 Å². The quantitative estimate of drug-likeness (QED) is 0.635. The van der Waals surface area contributed by atoms with E-state index in [1.807, 2.05) is 0 Å². The largest absolute Gasteiger partial charge is 0.497 e. The molecule has 1 aromatic heterocycles. The fraction of sp³-hybridized carbons (Fsp3) is 0.182. The lowest BCUT2D eigenvalue weighted by molar-refractivity contribution is -0.387. The molecular weight excluding hydrogens is 300 g/mol. The molecule has 0 unspecified atom stereocenters. The summed E-state index contributed by atoms with van der Waals surface area (Å²) in [5.41, 5.74) is -0.00578. The molecule has 2 aromatic rings. The highest BCUT2D eigenvalue weighted by atomic mass is 32.2. The van der Waals surface area contributed by atoms with Crippen molar-refractivity contribution in [2.45, 2.75) is 11.8 Å². The number of H-pyrrole nitrogens is 1. The molecule has 1 aromatic carbocycles. The van der Waals surface area contributed by atoms with Crippen LogP contribution in [0.15, 0.2) is 29.3 Å². The molecule has 2 rings (SSSR count). The number of nitrogens with zero attached hydrogens (tertiary/aromatic N) is 2. The minimum atomic E-state index is -4.12. The maximum atomic E-state index is 12.3. The van der Waals surface area contributed by atoms with Gasteiger partial charge in [0.05, 0.1) is 24.3 Å². The summed E-state index contributed by atoms with van der Waals surface area (Å²) in [5, 5.41) is 17.2. The number of hydrogen-bond acceptors (Lipinski definition) is 6. The van der Waals surface area contributed by atoms with Crippen LogP contribution in [-0.2, 0) is 10.0 Å². The van der Waals surface area contributed by atoms with Gasteiger partial charge in [-0.15, -0.1) is 0 Å². The molecule has 9 nitrogen and oxygen atoms in total. The van der Waals surface area contributed by atoms with Gasteiger partial charge in [-0.1, -0.05) is 0 Å². The Morgan fingerprint density at radius 2 is 2.14 bits per heavy atom. The van der Waals surface area contributed by atoms with Gasteiger partial charge in [-0.25, -0.2) is 8.42 Å². The Hall–Kier alpha value is -2.62. The minimum absolute atomic E-state index is 0.153. The fourth-order valence-electron chi connectivity index (χ4n) is 1.63. The molecule has 10 heteroatoms. The molecule has 0 radical (unpaired) electrons. The smallest absolute Gasteiger partial charge is 0.293 e. The van der Waals surface area contributed by atoms with E-state index in [1.165, 1.54) is 19.4 Å². The molecular formula is C11H12N4O5S. The van der Waals surface area contributed by atoms with Gasteiger partial charge in [-0.2, -0.15) is 5.10 Å². The first-order chi connectivity index (χ1) is 9.85. The summed E-state index contributed by atoms with van der Waals surface area (Å²) in [4.78, 5) is 9.81. The first kappa shape index (κ1) is 14.8. The summed E-state index contributed by atoms with van der Waals surface area (Å²) in [6.45, 7) is 1.64. The van der Waals surface area contributed by atoms with Crippen LogP contribution in [0.4, 0.5) is 11.5 Å². The zero-order chi connectivity index (χ0) is 15.6. The Kier molecular flexibility index (Phi) is 3.80. The number of sulfonamides is 1. The molecule has 0 amide bonds. The summed E-state index contributed by atoms with van der Waals surface area (Å²) in [5.74, 6) is 0.346. The third-order valence-corrected chi connectivity index (χ3v) is 4.11. The summed E-state index contributed by atoms with van der Waals surface area (Å²) in [6.07, 6.45) is 1.43. The van der Waals surface area contributed by atoms with Crippen molar-refractivity contribution in [3.05, 3.63) is 40.1 Å². The van der Waals surface area contributed by atoms with E-state index in [1.54, 1.807) is 6.92 Å². The molecule has 0 fully saturated rings. The second-order valence-electron chi connectivity index (χ2n) is 4.12. The van der Waals surface area contributed by atoms with Crippen molar-refractivity contribution in [2.75, 3.05) is 11.8 Å². The predicted octanol–water partition coefficient (Wildman–Crippen LogP) is 1.44. The fourth-order valence-corrected chi connectivity index (χ4v) is 2.87. The van der Waals surface area contributed by atoms with E-state index < -0.39 is 25.5 Å². The Bertz CT molecular complexity index is 784. The Morgan fingerprint density at radius 1 is 1.43 bits per heavy atom.